The van der Waals surface area contributed by atoms with Gasteiger partial charge in [-0.1, -0.05) is 6.92 Å². The topological polar surface area (TPSA) is 67.2 Å². The van der Waals surface area contributed by atoms with Crippen LogP contribution in [0.5, 0.6) is 0 Å². The summed E-state index contributed by atoms with van der Waals surface area (Å²) in [7, 11) is 0. The minimum absolute atomic E-state index is 0.213. The molecule has 0 aromatic carbocycles. The maximum atomic E-state index is 12.2. The highest BCUT2D eigenvalue weighted by molar-refractivity contribution is 5.75. The van der Waals surface area contributed by atoms with Gasteiger partial charge < -0.3 is 10.4 Å². The van der Waals surface area contributed by atoms with Gasteiger partial charge >= 0.3 is 6.18 Å². The van der Waals surface area contributed by atoms with E-state index in [9.17, 15) is 18.0 Å². The largest absolute Gasteiger partial charge is 0.435 e. The van der Waals surface area contributed by atoms with Crippen molar-refractivity contribution in [3.8, 4) is 0 Å². The number of hydrogen-bond acceptors (Lipinski definition) is 3. The third kappa shape index (κ3) is 4.02. The molecule has 1 aromatic rings. The van der Waals surface area contributed by atoms with Crippen LogP contribution in [-0.2, 0) is 17.5 Å². The normalized spacial score (nSPS) is 13.4. The number of rotatable bonds is 5. The molecule has 0 saturated carbocycles. The molecule has 102 valence electrons. The first kappa shape index (κ1) is 14.5. The standard InChI is InChI=1S/C10H14F3N3O2/c1-2-7(6-17)14-9(18)5-16-4-3-8(15-16)10(11,12)13/h3-4,7,17H,2,5-6H2,1H3,(H,14,18)/t7-/m1/s1. The number of aromatic nitrogens is 2. The van der Waals surface area contributed by atoms with Crippen LogP contribution in [0.2, 0.25) is 0 Å². The molecule has 0 radical (unpaired) electrons. The number of aliphatic hydroxyl groups excluding tert-OH is 1. The van der Waals surface area contributed by atoms with Crippen LogP contribution >= 0.6 is 0 Å². The zero-order valence-corrected chi connectivity index (χ0v) is 9.74. The maximum Gasteiger partial charge on any atom is 0.435 e. The Hall–Kier alpha value is -1.57. The molecule has 0 unspecified atom stereocenters. The maximum absolute atomic E-state index is 12.2. The lowest BCUT2D eigenvalue weighted by atomic mass is 10.2. The van der Waals surface area contributed by atoms with E-state index >= 15 is 0 Å². The summed E-state index contributed by atoms with van der Waals surface area (Å²) >= 11 is 0. The molecule has 0 bridgehead atoms. The smallest absolute Gasteiger partial charge is 0.394 e. The van der Waals surface area contributed by atoms with Crippen LogP contribution in [0, 0.1) is 0 Å². The summed E-state index contributed by atoms with van der Waals surface area (Å²) in [5.74, 6) is -0.493. The Morgan fingerprint density at radius 2 is 2.28 bits per heavy atom. The van der Waals surface area contributed by atoms with E-state index in [0.29, 0.717) is 6.42 Å². The Labute approximate surface area is 102 Å². The molecule has 1 rings (SSSR count). The first-order valence-corrected chi connectivity index (χ1v) is 5.37. The molecule has 1 amide bonds. The highest BCUT2D eigenvalue weighted by Gasteiger charge is 2.33. The first-order valence-electron chi connectivity index (χ1n) is 5.37. The second-order valence-electron chi connectivity index (χ2n) is 3.75. The van der Waals surface area contributed by atoms with Crippen LogP contribution in [0.1, 0.15) is 19.0 Å². The lowest BCUT2D eigenvalue weighted by Gasteiger charge is -2.13. The van der Waals surface area contributed by atoms with E-state index in [2.05, 4.69) is 10.4 Å². The molecule has 0 aliphatic heterocycles. The Morgan fingerprint density at radius 3 is 2.72 bits per heavy atom. The summed E-state index contributed by atoms with van der Waals surface area (Å²) in [6, 6.07) is 0.409. The van der Waals surface area contributed by atoms with Crippen LogP contribution < -0.4 is 5.32 Å². The van der Waals surface area contributed by atoms with Crippen molar-refractivity contribution in [2.75, 3.05) is 6.61 Å². The van der Waals surface area contributed by atoms with E-state index in [-0.39, 0.29) is 13.2 Å². The first-order chi connectivity index (χ1) is 8.36. The predicted molar refractivity (Wildman–Crippen MR) is 56.5 cm³/mol. The fraction of sp³-hybridized carbons (Fsp3) is 0.600. The van der Waals surface area contributed by atoms with Crippen LogP contribution in [0.3, 0.4) is 0 Å². The molecular formula is C10H14F3N3O2. The summed E-state index contributed by atoms with van der Waals surface area (Å²) in [5.41, 5.74) is -1.04. The Balaban J connectivity index is 2.57. The average molecular weight is 265 g/mol. The molecule has 0 fully saturated rings. The minimum atomic E-state index is -4.52. The number of amides is 1. The van der Waals surface area contributed by atoms with Crippen molar-refractivity contribution in [2.45, 2.75) is 32.1 Å². The van der Waals surface area contributed by atoms with Gasteiger partial charge in [0.25, 0.3) is 0 Å². The predicted octanol–water partition coefficient (Wildman–Crippen LogP) is 0.789. The van der Waals surface area contributed by atoms with E-state index in [1.807, 2.05) is 0 Å². The van der Waals surface area contributed by atoms with Gasteiger partial charge in [-0.25, -0.2) is 0 Å². The van der Waals surface area contributed by atoms with Gasteiger partial charge in [0.05, 0.1) is 12.6 Å². The number of alkyl halides is 3. The van der Waals surface area contributed by atoms with Gasteiger partial charge in [-0.2, -0.15) is 18.3 Å². The van der Waals surface area contributed by atoms with Crippen LogP contribution in [-0.4, -0.2) is 33.4 Å². The second kappa shape index (κ2) is 5.85. The highest BCUT2D eigenvalue weighted by atomic mass is 19.4. The summed E-state index contributed by atoms with van der Waals surface area (Å²) < 4.78 is 37.7. The zero-order valence-electron chi connectivity index (χ0n) is 9.74. The van der Waals surface area contributed by atoms with Gasteiger partial charge in [0.15, 0.2) is 5.69 Å². The van der Waals surface area contributed by atoms with E-state index in [4.69, 9.17) is 5.11 Å². The van der Waals surface area contributed by atoms with E-state index in [1.165, 1.54) is 0 Å². The van der Waals surface area contributed by atoms with Crippen molar-refractivity contribution in [3.05, 3.63) is 18.0 Å². The second-order valence-corrected chi connectivity index (χ2v) is 3.75. The number of nitrogens with one attached hydrogen (secondary N) is 1. The van der Waals surface area contributed by atoms with Crippen molar-refractivity contribution < 1.29 is 23.1 Å². The fourth-order valence-corrected chi connectivity index (χ4v) is 1.30. The molecule has 0 spiro atoms. The van der Waals surface area contributed by atoms with Crippen molar-refractivity contribution in [3.63, 3.8) is 0 Å². The van der Waals surface area contributed by atoms with Gasteiger partial charge in [0.2, 0.25) is 5.91 Å². The summed E-state index contributed by atoms with van der Waals surface area (Å²) in [5, 5.41) is 14.6. The van der Waals surface area contributed by atoms with Gasteiger partial charge in [0.1, 0.15) is 6.54 Å². The molecule has 2 N–H and O–H groups in total. The van der Waals surface area contributed by atoms with Crippen LogP contribution in [0.15, 0.2) is 12.3 Å². The Kier molecular flexibility index (Phi) is 4.71. The SMILES string of the molecule is CC[C@H](CO)NC(=O)Cn1ccc(C(F)(F)F)n1. The summed E-state index contributed by atoms with van der Waals surface area (Å²) in [6.07, 6.45) is -2.89. The Morgan fingerprint density at radius 1 is 1.61 bits per heavy atom. The Bertz CT molecular complexity index is 399. The van der Waals surface area contributed by atoms with E-state index < -0.39 is 23.8 Å². The van der Waals surface area contributed by atoms with E-state index in [0.717, 1.165) is 16.9 Å². The lowest BCUT2D eigenvalue weighted by Crippen LogP contribution is -2.39. The lowest BCUT2D eigenvalue weighted by molar-refractivity contribution is -0.141. The van der Waals surface area contributed by atoms with Crippen LogP contribution in [0.25, 0.3) is 0 Å². The van der Waals surface area contributed by atoms with Crippen LogP contribution in [0.4, 0.5) is 13.2 Å². The molecule has 0 saturated heterocycles. The number of hydrogen-bond donors (Lipinski definition) is 2. The zero-order chi connectivity index (χ0) is 13.8. The molecule has 0 aliphatic carbocycles. The number of nitrogens with zero attached hydrogens (tertiary/aromatic N) is 2. The summed E-state index contributed by atoms with van der Waals surface area (Å²) in [4.78, 5) is 11.4. The van der Waals surface area contributed by atoms with Gasteiger partial charge in [-0.05, 0) is 12.5 Å². The van der Waals surface area contributed by atoms with Crippen molar-refractivity contribution in [2.24, 2.45) is 0 Å². The molecule has 1 aromatic heterocycles. The molecule has 1 heterocycles. The minimum Gasteiger partial charge on any atom is -0.394 e. The molecular weight excluding hydrogens is 251 g/mol. The number of halogens is 3. The van der Waals surface area contributed by atoms with Gasteiger partial charge in [-0.3, -0.25) is 9.48 Å². The monoisotopic (exact) mass is 265 g/mol. The van der Waals surface area contributed by atoms with Gasteiger partial charge in [-0.15, -0.1) is 0 Å². The highest BCUT2D eigenvalue weighted by Crippen LogP contribution is 2.27. The molecule has 0 aliphatic rings. The third-order valence-corrected chi connectivity index (χ3v) is 2.31. The average Bonchev–Trinajstić information content (AvgIpc) is 2.74. The molecule has 1 atom stereocenters. The molecule has 5 nitrogen and oxygen atoms in total. The quantitative estimate of drug-likeness (QED) is 0.827. The number of aliphatic hydroxyl groups is 1. The molecule has 8 heteroatoms. The molecule has 18 heavy (non-hydrogen) atoms. The third-order valence-electron chi connectivity index (χ3n) is 2.31. The fourth-order valence-electron chi connectivity index (χ4n) is 1.30. The van der Waals surface area contributed by atoms with Gasteiger partial charge in [0, 0.05) is 6.20 Å². The van der Waals surface area contributed by atoms with E-state index in [1.54, 1.807) is 6.92 Å². The van der Waals surface area contributed by atoms with Crippen molar-refractivity contribution in [1.82, 2.24) is 15.1 Å². The van der Waals surface area contributed by atoms with Crippen molar-refractivity contribution >= 4 is 5.91 Å². The van der Waals surface area contributed by atoms with Crippen molar-refractivity contribution in [1.29, 1.82) is 0 Å². The number of carbonyl (C=O) groups excluding carboxylic acids is 1. The number of carbonyl (C=O) groups is 1. The summed E-state index contributed by atoms with van der Waals surface area (Å²) in [6.45, 7) is 1.25.